The van der Waals surface area contributed by atoms with Gasteiger partial charge in [0.1, 0.15) is 0 Å². The van der Waals surface area contributed by atoms with Crippen LogP contribution >= 0.6 is 11.3 Å². The molecule has 1 aromatic heterocycles. The fourth-order valence-electron chi connectivity index (χ4n) is 2.78. The second kappa shape index (κ2) is 4.87. The van der Waals surface area contributed by atoms with Crippen molar-refractivity contribution in [2.24, 2.45) is 0 Å². The van der Waals surface area contributed by atoms with Gasteiger partial charge in [0.15, 0.2) is 5.13 Å². The van der Waals surface area contributed by atoms with Crippen molar-refractivity contribution < 1.29 is 4.74 Å². The molecule has 5 nitrogen and oxygen atoms in total. The summed E-state index contributed by atoms with van der Waals surface area (Å²) in [4.78, 5) is 9.64. The minimum atomic E-state index is 0.646. The van der Waals surface area contributed by atoms with E-state index in [1.165, 1.54) is 4.70 Å². The third-order valence-corrected chi connectivity index (χ3v) is 5.22. The van der Waals surface area contributed by atoms with Crippen molar-refractivity contribution >= 4 is 32.4 Å². The predicted molar refractivity (Wildman–Crippen MR) is 82.4 cm³/mol. The zero-order valence-electron chi connectivity index (χ0n) is 11.3. The van der Waals surface area contributed by atoms with Gasteiger partial charge in [-0.3, -0.25) is 4.90 Å². The molecule has 106 valence electrons. The van der Waals surface area contributed by atoms with Gasteiger partial charge in [-0.2, -0.15) is 0 Å². The number of rotatable bonds is 2. The Morgan fingerprint density at radius 2 is 2.00 bits per heavy atom. The number of anilines is 2. The van der Waals surface area contributed by atoms with Crippen LogP contribution < -0.4 is 10.6 Å². The summed E-state index contributed by atoms with van der Waals surface area (Å²) in [6.45, 7) is 6.11. The normalized spacial score (nSPS) is 21.3. The predicted octanol–water partition coefficient (Wildman–Crippen LogP) is 1.40. The van der Waals surface area contributed by atoms with Crippen molar-refractivity contribution in [1.82, 2.24) is 9.88 Å². The van der Waals surface area contributed by atoms with Gasteiger partial charge in [-0.25, -0.2) is 4.98 Å². The lowest BCUT2D eigenvalue weighted by Crippen LogP contribution is -2.56. The molecule has 2 aliphatic rings. The first-order valence-electron chi connectivity index (χ1n) is 7.02. The molecule has 2 N–H and O–H groups in total. The zero-order valence-corrected chi connectivity index (χ0v) is 12.1. The lowest BCUT2D eigenvalue weighted by atomic mass is 10.2. The van der Waals surface area contributed by atoms with E-state index in [1.54, 1.807) is 11.3 Å². The maximum atomic E-state index is 5.82. The molecule has 20 heavy (non-hydrogen) atoms. The molecule has 0 radical (unpaired) electrons. The molecule has 4 rings (SSSR count). The van der Waals surface area contributed by atoms with Gasteiger partial charge in [0.25, 0.3) is 0 Å². The largest absolute Gasteiger partial charge is 0.399 e. The minimum absolute atomic E-state index is 0.646. The average Bonchev–Trinajstić information content (AvgIpc) is 2.80. The van der Waals surface area contributed by atoms with Crippen LogP contribution in [0.15, 0.2) is 18.2 Å². The molecule has 0 spiro atoms. The summed E-state index contributed by atoms with van der Waals surface area (Å²) < 4.78 is 6.49. The van der Waals surface area contributed by atoms with Crippen LogP contribution in [0.1, 0.15) is 0 Å². The van der Waals surface area contributed by atoms with Crippen molar-refractivity contribution in [2.45, 2.75) is 6.04 Å². The Labute approximate surface area is 121 Å². The molecule has 6 heteroatoms. The van der Waals surface area contributed by atoms with E-state index >= 15 is 0 Å². The van der Waals surface area contributed by atoms with E-state index in [2.05, 4.69) is 15.9 Å². The van der Waals surface area contributed by atoms with Crippen LogP contribution in [0.2, 0.25) is 0 Å². The number of hydrogen-bond acceptors (Lipinski definition) is 6. The van der Waals surface area contributed by atoms with E-state index in [9.17, 15) is 0 Å². The van der Waals surface area contributed by atoms with Gasteiger partial charge in [-0.1, -0.05) is 11.3 Å². The molecular weight excluding hydrogens is 272 g/mol. The number of fused-ring (bicyclic) bond motifs is 1. The number of nitrogens with zero attached hydrogens (tertiary/aromatic N) is 3. The number of ether oxygens (including phenoxy) is 1. The average molecular weight is 290 g/mol. The van der Waals surface area contributed by atoms with Crippen LogP contribution in [0.5, 0.6) is 0 Å². The third-order valence-electron chi connectivity index (χ3n) is 4.12. The molecule has 2 aliphatic heterocycles. The van der Waals surface area contributed by atoms with Crippen LogP contribution in [-0.2, 0) is 4.74 Å². The van der Waals surface area contributed by atoms with Gasteiger partial charge in [0, 0.05) is 31.9 Å². The summed E-state index contributed by atoms with van der Waals surface area (Å²) in [5.41, 5.74) is 7.61. The third kappa shape index (κ3) is 2.13. The van der Waals surface area contributed by atoms with E-state index in [4.69, 9.17) is 15.5 Å². The Bertz CT molecular complexity index is 617. The summed E-state index contributed by atoms with van der Waals surface area (Å²) in [5, 5.41) is 1.12. The maximum absolute atomic E-state index is 5.82. The standard InChI is InChI=1S/C14H18N4OS/c15-10-1-2-13-12(7-10)16-14(20-13)18-5-3-17(4-6-18)11-8-19-9-11/h1-2,7,11H,3-6,8-9,15H2. The molecule has 2 fully saturated rings. The zero-order chi connectivity index (χ0) is 13.5. The first-order chi connectivity index (χ1) is 9.79. The van der Waals surface area contributed by atoms with E-state index in [0.717, 1.165) is 55.7 Å². The number of hydrogen-bond donors (Lipinski definition) is 1. The summed E-state index contributed by atoms with van der Waals surface area (Å²) in [5.74, 6) is 0. The second-order valence-corrected chi connectivity index (χ2v) is 6.45. The SMILES string of the molecule is Nc1ccc2sc(N3CCN(C4COC4)CC3)nc2c1. The molecule has 0 bridgehead atoms. The molecule has 0 aliphatic carbocycles. The molecule has 2 saturated heterocycles. The molecule has 3 heterocycles. The fraction of sp³-hybridized carbons (Fsp3) is 0.500. The summed E-state index contributed by atoms with van der Waals surface area (Å²) >= 11 is 1.76. The fourth-order valence-corrected chi connectivity index (χ4v) is 3.78. The monoisotopic (exact) mass is 290 g/mol. The number of nitrogens with two attached hydrogens (primary N) is 1. The van der Waals surface area contributed by atoms with Gasteiger partial charge in [-0.05, 0) is 18.2 Å². The molecular formula is C14H18N4OS. The molecule has 2 aromatic rings. The Kier molecular flexibility index (Phi) is 3.02. The van der Waals surface area contributed by atoms with E-state index in [-0.39, 0.29) is 0 Å². The van der Waals surface area contributed by atoms with Crippen LogP contribution in [0, 0.1) is 0 Å². The Morgan fingerprint density at radius 3 is 2.70 bits per heavy atom. The van der Waals surface area contributed by atoms with Crippen LogP contribution in [0.3, 0.4) is 0 Å². The number of thiazole rings is 1. The number of benzene rings is 1. The number of aromatic nitrogens is 1. The quantitative estimate of drug-likeness (QED) is 0.847. The second-order valence-electron chi connectivity index (χ2n) is 5.44. The first-order valence-corrected chi connectivity index (χ1v) is 7.84. The molecule has 1 aromatic carbocycles. The van der Waals surface area contributed by atoms with Gasteiger partial charge < -0.3 is 15.4 Å². The van der Waals surface area contributed by atoms with Crippen molar-refractivity contribution in [3.8, 4) is 0 Å². The van der Waals surface area contributed by atoms with Crippen LogP contribution in [0.4, 0.5) is 10.8 Å². The summed E-state index contributed by atoms with van der Waals surface area (Å²) in [6, 6.07) is 6.61. The Balaban J connectivity index is 1.49. The number of piperazine rings is 1. The highest BCUT2D eigenvalue weighted by atomic mass is 32.1. The van der Waals surface area contributed by atoms with Crippen molar-refractivity contribution in [2.75, 3.05) is 50.0 Å². The van der Waals surface area contributed by atoms with Gasteiger partial charge in [-0.15, -0.1) is 0 Å². The van der Waals surface area contributed by atoms with E-state index in [1.807, 2.05) is 12.1 Å². The maximum Gasteiger partial charge on any atom is 0.186 e. The van der Waals surface area contributed by atoms with Crippen LogP contribution in [0.25, 0.3) is 10.2 Å². The van der Waals surface area contributed by atoms with Crippen LogP contribution in [-0.4, -0.2) is 55.3 Å². The minimum Gasteiger partial charge on any atom is -0.399 e. The lowest BCUT2D eigenvalue weighted by Gasteiger charge is -2.42. The molecule has 0 atom stereocenters. The molecule has 0 amide bonds. The van der Waals surface area contributed by atoms with Gasteiger partial charge in [0.2, 0.25) is 0 Å². The summed E-state index contributed by atoms with van der Waals surface area (Å²) in [6.07, 6.45) is 0. The highest BCUT2D eigenvalue weighted by Crippen LogP contribution is 2.30. The van der Waals surface area contributed by atoms with E-state index in [0.29, 0.717) is 6.04 Å². The molecule has 0 saturated carbocycles. The van der Waals surface area contributed by atoms with Crippen molar-refractivity contribution in [3.63, 3.8) is 0 Å². The van der Waals surface area contributed by atoms with Crippen molar-refractivity contribution in [3.05, 3.63) is 18.2 Å². The summed E-state index contributed by atoms with van der Waals surface area (Å²) in [7, 11) is 0. The Morgan fingerprint density at radius 1 is 1.20 bits per heavy atom. The smallest absolute Gasteiger partial charge is 0.186 e. The number of nitrogen functional groups attached to an aromatic ring is 1. The van der Waals surface area contributed by atoms with E-state index < -0.39 is 0 Å². The highest BCUT2D eigenvalue weighted by Gasteiger charge is 2.29. The van der Waals surface area contributed by atoms with Gasteiger partial charge in [0.05, 0.1) is 29.5 Å². The Hall–Kier alpha value is -1.37. The molecule has 0 unspecified atom stereocenters. The lowest BCUT2D eigenvalue weighted by molar-refractivity contribution is -0.0660. The highest BCUT2D eigenvalue weighted by molar-refractivity contribution is 7.22. The topological polar surface area (TPSA) is 54.6 Å². The first kappa shape index (κ1) is 12.4. The van der Waals surface area contributed by atoms with Gasteiger partial charge >= 0.3 is 0 Å². The van der Waals surface area contributed by atoms with Crippen molar-refractivity contribution in [1.29, 1.82) is 0 Å².